The SMILES string of the molecule is CCN(CCOC(=O)C(C)CC(C(=O)OCCOc1ccc(-c2ccc(C#N)cc2)cc1)C(=O)OCCOc1ccc(-c2ccc(C#N)cc2)cc1)c1ccc(N=Nc2ccc(NC)cc2)cc1. The molecule has 1 N–H and O–H groups in total. The number of nitrogens with one attached hydrogen (secondary N) is 1. The Hall–Kier alpha value is -8.49. The lowest BCUT2D eigenvalue weighted by Gasteiger charge is -2.23. The number of azo groups is 1. The third-order valence-electron chi connectivity index (χ3n) is 10.8. The molecule has 0 spiro atoms. The molecule has 0 aromatic heterocycles. The zero-order valence-corrected chi connectivity index (χ0v) is 38.2. The summed E-state index contributed by atoms with van der Waals surface area (Å²) >= 11 is 0. The standard InChI is InChI=1S/C54H52N6O8/c1-4-60(48-23-21-47(22-24-48)59-58-46-19-17-45(57-3)18-20-46)29-30-66-52(61)38(2)35-51(53(62)67-33-31-64-49-25-13-43(14-26-49)41-9-5-39(36-55)6-10-41)54(63)68-34-32-65-50-27-15-44(16-28-50)42-11-7-40(37-56)8-12-42/h5-28,38,51,57H,4,29-35H2,1-3H3. The summed E-state index contributed by atoms with van der Waals surface area (Å²) in [5.74, 6) is -3.49. The molecular formula is C54H52N6O8. The van der Waals surface area contributed by atoms with Gasteiger partial charge in [0, 0.05) is 25.0 Å². The highest BCUT2D eigenvalue weighted by atomic mass is 16.6. The molecule has 0 fully saturated rings. The molecule has 0 saturated carbocycles. The van der Waals surface area contributed by atoms with Crippen molar-refractivity contribution in [3.05, 3.63) is 157 Å². The topological polar surface area (TPSA) is 185 Å². The summed E-state index contributed by atoms with van der Waals surface area (Å²) in [4.78, 5) is 42.3. The van der Waals surface area contributed by atoms with Crippen LogP contribution in [0.4, 0.5) is 22.7 Å². The molecule has 0 aliphatic carbocycles. The molecule has 0 amide bonds. The first kappa shape index (κ1) is 49.0. The molecular weight excluding hydrogens is 861 g/mol. The van der Waals surface area contributed by atoms with Crippen LogP contribution in [-0.2, 0) is 28.6 Å². The van der Waals surface area contributed by atoms with Gasteiger partial charge in [-0.3, -0.25) is 14.4 Å². The summed E-state index contributed by atoms with van der Waals surface area (Å²) in [6.45, 7) is 4.38. The number of carbonyl (C=O) groups is 3. The number of anilines is 2. The minimum Gasteiger partial charge on any atom is -0.490 e. The van der Waals surface area contributed by atoms with Crippen molar-refractivity contribution >= 4 is 40.7 Å². The van der Waals surface area contributed by atoms with Gasteiger partial charge in [-0.25, -0.2) is 0 Å². The zero-order chi connectivity index (χ0) is 48.1. The summed E-state index contributed by atoms with van der Waals surface area (Å²) in [6.07, 6.45) is -0.209. The fraction of sp³-hybridized carbons (Fsp3) is 0.241. The molecule has 0 radical (unpaired) electrons. The predicted molar refractivity (Wildman–Crippen MR) is 259 cm³/mol. The predicted octanol–water partition coefficient (Wildman–Crippen LogP) is 10.5. The van der Waals surface area contributed by atoms with E-state index in [1.165, 1.54) is 0 Å². The van der Waals surface area contributed by atoms with Gasteiger partial charge in [-0.1, -0.05) is 55.5 Å². The lowest BCUT2D eigenvalue weighted by Crippen LogP contribution is -2.34. The van der Waals surface area contributed by atoms with Crippen molar-refractivity contribution in [1.82, 2.24) is 0 Å². The van der Waals surface area contributed by atoms with Crippen LogP contribution >= 0.6 is 0 Å². The molecule has 0 aliphatic heterocycles. The second-order valence-corrected chi connectivity index (χ2v) is 15.4. The Morgan fingerprint density at radius 2 is 0.971 bits per heavy atom. The smallest absolute Gasteiger partial charge is 0.320 e. The van der Waals surface area contributed by atoms with E-state index in [0.29, 0.717) is 41.4 Å². The Balaban J connectivity index is 1.000. The van der Waals surface area contributed by atoms with Gasteiger partial charge in [0.1, 0.15) is 44.5 Å². The number of nitrogens with zero attached hydrogens (tertiary/aromatic N) is 5. The van der Waals surface area contributed by atoms with E-state index in [4.69, 9.17) is 34.2 Å². The van der Waals surface area contributed by atoms with Crippen molar-refractivity contribution in [3.8, 4) is 45.9 Å². The maximum atomic E-state index is 13.5. The summed E-state index contributed by atoms with van der Waals surface area (Å²) in [6, 6.07) is 48.5. The minimum atomic E-state index is -1.42. The molecule has 1 unspecified atom stereocenters. The van der Waals surface area contributed by atoms with Crippen LogP contribution in [0.15, 0.2) is 156 Å². The van der Waals surface area contributed by atoms with E-state index in [9.17, 15) is 14.4 Å². The third-order valence-corrected chi connectivity index (χ3v) is 10.8. The van der Waals surface area contributed by atoms with Crippen LogP contribution in [0, 0.1) is 34.5 Å². The maximum absolute atomic E-state index is 13.5. The number of hydrogen-bond acceptors (Lipinski definition) is 14. The molecule has 6 aromatic carbocycles. The van der Waals surface area contributed by atoms with Crippen LogP contribution in [0.25, 0.3) is 22.3 Å². The highest BCUT2D eigenvalue weighted by Gasteiger charge is 2.34. The van der Waals surface area contributed by atoms with Crippen molar-refractivity contribution < 1.29 is 38.1 Å². The lowest BCUT2D eigenvalue weighted by atomic mass is 9.96. The number of likely N-dealkylation sites (N-methyl/N-ethyl adjacent to an activating group) is 1. The number of rotatable bonds is 23. The zero-order valence-electron chi connectivity index (χ0n) is 38.2. The van der Waals surface area contributed by atoms with E-state index in [0.717, 1.165) is 39.3 Å². The van der Waals surface area contributed by atoms with Crippen molar-refractivity contribution in [3.63, 3.8) is 0 Å². The second kappa shape index (κ2) is 25.3. The summed E-state index contributed by atoms with van der Waals surface area (Å²) in [5, 5.41) is 29.9. The molecule has 1 atom stereocenters. The molecule has 0 heterocycles. The number of ether oxygens (including phenoxy) is 5. The summed E-state index contributed by atoms with van der Waals surface area (Å²) in [5.41, 5.74) is 8.22. The molecule has 68 heavy (non-hydrogen) atoms. The first-order chi connectivity index (χ1) is 33.2. The molecule has 0 saturated heterocycles. The quantitative estimate of drug-likeness (QED) is 0.0211. The van der Waals surface area contributed by atoms with Crippen LogP contribution in [-0.4, -0.2) is 71.1 Å². The third kappa shape index (κ3) is 14.5. The van der Waals surface area contributed by atoms with Crippen molar-refractivity contribution in [2.75, 3.05) is 63.4 Å². The van der Waals surface area contributed by atoms with Crippen molar-refractivity contribution in [1.29, 1.82) is 10.5 Å². The van der Waals surface area contributed by atoms with Gasteiger partial charge in [-0.2, -0.15) is 20.8 Å². The first-order valence-corrected chi connectivity index (χ1v) is 22.2. The number of nitriles is 2. The molecule has 0 bridgehead atoms. The lowest BCUT2D eigenvalue weighted by molar-refractivity contribution is -0.164. The van der Waals surface area contributed by atoms with Gasteiger partial charge in [0.15, 0.2) is 5.92 Å². The van der Waals surface area contributed by atoms with E-state index in [1.54, 1.807) is 55.5 Å². The van der Waals surface area contributed by atoms with Gasteiger partial charge in [0.25, 0.3) is 0 Å². The molecule has 6 rings (SSSR count). The van der Waals surface area contributed by atoms with Crippen LogP contribution in [0.2, 0.25) is 0 Å². The number of benzene rings is 6. The Kier molecular flexibility index (Phi) is 18.2. The van der Waals surface area contributed by atoms with E-state index in [2.05, 4.69) is 27.7 Å². The Labute approximate surface area is 396 Å². The molecule has 346 valence electrons. The number of hydrogen-bond donors (Lipinski definition) is 1. The van der Waals surface area contributed by atoms with Gasteiger partial charge in [-0.05, 0) is 133 Å². The minimum absolute atomic E-state index is 0.00544. The van der Waals surface area contributed by atoms with Crippen LogP contribution in [0.5, 0.6) is 11.5 Å². The average Bonchev–Trinajstić information content (AvgIpc) is 3.39. The van der Waals surface area contributed by atoms with Gasteiger partial charge in [0.2, 0.25) is 0 Å². The molecule has 14 nitrogen and oxygen atoms in total. The summed E-state index contributed by atoms with van der Waals surface area (Å²) in [7, 11) is 1.85. The fourth-order valence-electron chi connectivity index (χ4n) is 6.91. The van der Waals surface area contributed by atoms with E-state index >= 15 is 0 Å². The van der Waals surface area contributed by atoms with Gasteiger partial charge in [-0.15, -0.1) is 0 Å². The number of carbonyl (C=O) groups excluding carboxylic acids is 3. The second-order valence-electron chi connectivity index (χ2n) is 15.4. The monoisotopic (exact) mass is 912 g/mol. The normalized spacial score (nSPS) is 11.2. The Morgan fingerprint density at radius 3 is 1.38 bits per heavy atom. The Morgan fingerprint density at radius 1 is 0.559 bits per heavy atom. The molecule has 0 aliphatic rings. The maximum Gasteiger partial charge on any atom is 0.320 e. The highest BCUT2D eigenvalue weighted by Crippen LogP contribution is 2.26. The highest BCUT2D eigenvalue weighted by molar-refractivity contribution is 5.95. The van der Waals surface area contributed by atoms with Gasteiger partial charge < -0.3 is 33.9 Å². The van der Waals surface area contributed by atoms with Gasteiger partial charge in [0.05, 0.1) is 47.1 Å². The van der Waals surface area contributed by atoms with E-state index in [-0.39, 0.29) is 39.5 Å². The van der Waals surface area contributed by atoms with Crippen LogP contribution in [0.3, 0.4) is 0 Å². The van der Waals surface area contributed by atoms with Crippen LogP contribution < -0.4 is 19.7 Å². The first-order valence-electron chi connectivity index (χ1n) is 22.2. The van der Waals surface area contributed by atoms with Crippen molar-refractivity contribution in [2.45, 2.75) is 20.3 Å². The number of esters is 3. The van der Waals surface area contributed by atoms with E-state index < -0.39 is 29.7 Å². The Bertz CT molecular complexity index is 2560. The molecule has 14 heteroatoms. The van der Waals surface area contributed by atoms with Crippen molar-refractivity contribution in [2.24, 2.45) is 22.1 Å². The summed E-state index contributed by atoms with van der Waals surface area (Å²) < 4.78 is 28.2. The van der Waals surface area contributed by atoms with E-state index in [1.807, 2.05) is 116 Å². The average molecular weight is 913 g/mol. The fourth-order valence-corrected chi connectivity index (χ4v) is 6.91. The van der Waals surface area contributed by atoms with Gasteiger partial charge >= 0.3 is 17.9 Å². The largest absolute Gasteiger partial charge is 0.490 e. The molecule has 6 aromatic rings. The van der Waals surface area contributed by atoms with Crippen LogP contribution in [0.1, 0.15) is 31.4 Å².